The third kappa shape index (κ3) is 4.55. The van der Waals surface area contributed by atoms with Crippen molar-refractivity contribution in [2.24, 2.45) is 0 Å². The first-order valence-corrected chi connectivity index (χ1v) is 10.6. The zero-order valence-corrected chi connectivity index (χ0v) is 17.4. The average molecular weight is 401 g/mol. The van der Waals surface area contributed by atoms with Gasteiger partial charge in [-0.15, -0.1) is 0 Å². The van der Waals surface area contributed by atoms with Crippen molar-refractivity contribution in [3.8, 4) is 0 Å². The van der Waals surface area contributed by atoms with Crippen LogP contribution in [0.15, 0.2) is 84.9 Å². The number of benzene rings is 3. The van der Waals surface area contributed by atoms with Gasteiger partial charge < -0.3 is 9.64 Å². The van der Waals surface area contributed by atoms with Crippen LogP contribution in [0.5, 0.6) is 0 Å². The minimum Gasteiger partial charge on any atom is -0.462 e. The van der Waals surface area contributed by atoms with Gasteiger partial charge in [-0.3, -0.25) is 4.90 Å². The number of nitrogens with zero attached hydrogens (tertiary/aromatic N) is 2. The van der Waals surface area contributed by atoms with Crippen LogP contribution in [0, 0.1) is 0 Å². The molecular weight excluding hydrogens is 372 g/mol. The van der Waals surface area contributed by atoms with Crippen molar-refractivity contribution in [2.45, 2.75) is 13.0 Å². The Morgan fingerprint density at radius 2 is 1.33 bits per heavy atom. The van der Waals surface area contributed by atoms with E-state index in [2.05, 4.69) is 70.5 Å². The molecule has 1 aliphatic heterocycles. The predicted octanol–water partition coefficient (Wildman–Crippen LogP) is 4.77. The van der Waals surface area contributed by atoms with E-state index in [4.69, 9.17) is 4.74 Å². The molecule has 0 N–H and O–H groups in total. The van der Waals surface area contributed by atoms with Crippen LogP contribution in [-0.2, 0) is 4.74 Å². The maximum Gasteiger partial charge on any atom is 0.338 e. The van der Waals surface area contributed by atoms with E-state index >= 15 is 0 Å². The van der Waals surface area contributed by atoms with Crippen LogP contribution in [-0.4, -0.2) is 43.7 Å². The number of anilines is 1. The molecule has 0 unspecified atom stereocenters. The van der Waals surface area contributed by atoms with Crippen LogP contribution in [0.1, 0.15) is 34.5 Å². The second-order valence-corrected chi connectivity index (χ2v) is 7.51. The number of hydrogen-bond acceptors (Lipinski definition) is 4. The van der Waals surface area contributed by atoms with E-state index in [1.165, 1.54) is 11.1 Å². The first-order valence-electron chi connectivity index (χ1n) is 10.6. The molecule has 0 saturated carbocycles. The van der Waals surface area contributed by atoms with Crippen LogP contribution >= 0.6 is 0 Å². The van der Waals surface area contributed by atoms with Gasteiger partial charge in [0.15, 0.2) is 0 Å². The molecule has 0 spiro atoms. The molecule has 4 heteroatoms. The summed E-state index contributed by atoms with van der Waals surface area (Å²) in [4.78, 5) is 16.8. The summed E-state index contributed by atoms with van der Waals surface area (Å²) in [5.41, 5.74) is 4.41. The van der Waals surface area contributed by atoms with Crippen molar-refractivity contribution in [1.82, 2.24) is 4.90 Å². The largest absolute Gasteiger partial charge is 0.462 e. The van der Waals surface area contributed by atoms with E-state index in [-0.39, 0.29) is 12.0 Å². The molecule has 0 bridgehead atoms. The number of piperazine rings is 1. The van der Waals surface area contributed by atoms with Gasteiger partial charge >= 0.3 is 5.97 Å². The SMILES string of the molecule is CCOC(=O)c1ccc(N2CCN(C(c3ccccc3)c3ccccc3)CC2)cc1. The van der Waals surface area contributed by atoms with E-state index in [9.17, 15) is 4.79 Å². The third-order valence-corrected chi connectivity index (χ3v) is 5.65. The molecule has 1 aliphatic rings. The summed E-state index contributed by atoms with van der Waals surface area (Å²) in [6, 6.07) is 29.5. The zero-order valence-electron chi connectivity index (χ0n) is 17.4. The minimum absolute atomic E-state index is 0.262. The molecule has 3 aromatic carbocycles. The van der Waals surface area contributed by atoms with Crippen molar-refractivity contribution in [1.29, 1.82) is 0 Å². The number of carbonyl (C=O) groups excluding carboxylic acids is 1. The minimum atomic E-state index is -0.262. The Kier molecular flexibility index (Phi) is 6.45. The Morgan fingerprint density at radius 1 is 0.800 bits per heavy atom. The standard InChI is InChI=1S/C26H28N2O2/c1-2-30-26(29)23-13-15-24(16-14-23)27-17-19-28(20-18-27)25(21-9-5-3-6-10-21)22-11-7-4-8-12-22/h3-16,25H,2,17-20H2,1H3. The number of hydrogen-bond donors (Lipinski definition) is 0. The van der Waals surface area contributed by atoms with Gasteiger partial charge in [0.05, 0.1) is 18.2 Å². The Labute approximate surface area is 178 Å². The number of esters is 1. The normalized spacial score (nSPS) is 14.7. The zero-order chi connectivity index (χ0) is 20.8. The van der Waals surface area contributed by atoms with Crippen molar-refractivity contribution < 1.29 is 9.53 Å². The topological polar surface area (TPSA) is 32.8 Å². The molecule has 3 aromatic rings. The fourth-order valence-electron chi connectivity index (χ4n) is 4.15. The lowest BCUT2D eigenvalue weighted by Gasteiger charge is -2.40. The molecule has 1 saturated heterocycles. The highest BCUT2D eigenvalue weighted by atomic mass is 16.5. The quantitative estimate of drug-likeness (QED) is 0.558. The van der Waals surface area contributed by atoms with Crippen molar-refractivity contribution in [3.05, 3.63) is 102 Å². The van der Waals surface area contributed by atoms with Crippen LogP contribution in [0.4, 0.5) is 5.69 Å². The van der Waals surface area contributed by atoms with Gasteiger partial charge in [0, 0.05) is 31.9 Å². The monoisotopic (exact) mass is 400 g/mol. The fourth-order valence-corrected chi connectivity index (χ4v) is 4.15. The summed E-state index contributed by atoms with van der Waals surface area (Å²) in [5, 5.41) is 0. The van der Waals surface area contributed by atoms with Crippen molar-refractivity contribution in [2.75, 3.05) is 37.7 Å². The number of ether oxygens (including phenoxy) is 1. The van der Waals surface area contributed by atoms with Crippen molar-refractivity contribution >= 4 is 11.7 Å². The summed E-state index contributed by atoms with van der Waals surface area (Å²) < 4.78 is 5.08. The third-order valence-electron chi connectivity index (χ3n) is 5.65. The molecule has 4 rings (SSSR count). The Balaban J connectivity index is 1.46. The first-order chi connectivity index (χ1) is 14.8. The predicted molar refractivity (Wildman–Crippen MR) is 121 cm³/mol. The maximum atomic E-state index is 11.9. The lowest BCUT2D eigenvalue weighted by Crippen LogP contribution is -2.48. The van der Waals surface area contributed by atoms with Crippen molar-refractivity contribution in [3.63, 3.8) is 0 Å². The van der Waals surface area contributed by atoms with E-state index in [1.54, 1.807) is 0 Å². The highest BCUT2D eigenvalue weighted by Gasteiger charge is 2.26. The second-order valence-electron chi connectivity index (χ2n) is 7.51. The molecule has 0 amide bonds. The summed E-state index contributed by atoms with van der Waals surface area (Å²) in [5.74, 6) is -0.262. The van der Waals surface area contributed by atoms with E-state index in [0.717, 1.165) is 31.9 Å². The average Bonchev–Trinajstić information content (AvgIpc) is 2.81. The van der Waals surface area contributed by atoms with Crippen LogP contribution in [0.2, 0.25) is 0 Å². The number of rotatable bonds is 6. The molecule has 0 aliphatic carbocycles. The molecule has 154 valence electrons. The van der Waals surface area contributed by atoms with Gasteiger partial charge in [0.25, 0.3) is 0 Å². The van der Waals surface area contributed by atoms with Gasteiger partial charge in [-0.05, 0) is 42.3 Å². The molecular formula is C26H28N2O2. The van der Waals surface area contributed by atoms with Gasteiger partial charge in [-0.1, -0.05) is 60.7 Å². The molecule has 1 heterocycles. The van der Waals surface area contributed by atoms with Gasteiger partial charge in [-0.25, -0.2) is 4.79 Å². The fraction of sp³-hybridized carbons (Fsp3) is 0.269. The summed E-state index contributed by atoms with van der Waals surface area (Å²) in [7, 11) is 0. The van der Waals surface area contributed by atoms with Gasteiger partial charge in [-0.2, -0.15) is 0 Å². The summed E-state index contributed by atoms with van der Waals surface area (Å²) >= 11 is 0. The molecule has 30 heavy (non-hydrogen) atoms. The molecule has 0 aromatic heterocycles. The number of carbonyl (C=O) groups is 1. The molecule has 1 fully saturated rings. The molecule has 4 nitrogen and oxygen atoms in total. The Morgan fingerprint density at radius 3 is 1.83 bits per heavy atom. The Bertz CT molecular complexity index is 894. The van der Waals surface area contributed by atoms with Crippen LogP contribution in [0.25, 0.3) is 0 Å². The maximum absolute atomic E-state index is 11.9. The lowest BCUT2D eigenvalue weighted by atomic mass is 9.96. The van der Waals surface area contributed by atoms with E-state index < -0.39 is 0 Å². The highest BCUT2D eigenvalue weighted by Crippen LogP contribution is 2.30. The van der Waals surface area contributed by atoms with Crippen LogP contribution in [0.3, 0.4) is 0 Å². The molecule has 0 radical (unpaired) electrons. The highest BCUT2D eigenvalue weighted by molar-refractivity contribution is 5.89. The van der Waals surface area contributed by atoms with E-state index in [0.29, 0.717) is 12.2 Å². The Hall–Kier alpha value is -3.11. The lowest BCUT2D eigenvalue weighted by molar-refractivity contribution is 0.0526. The molecule has 0 atom stereocenters. The summed E-state index contributed by atoms with van der Waals surface area (Å²) in [6.07, 6.45) is 0. The first kappa shape index (κ1) is 20.2. The van der Waals surface area contributed by atoms with Gasteiger partial charge in [0.2, 0.25) is 0 Å². The van der Waals surface area contributed by atoms with E-state index in [1.807, 2.05) is 31.2 Å². The van der Waals surface area contributed by atoms with Gasteiger partial charge in [0.1, 0.15) is 0 Å². The van der Waals surface area contributed by atoms with Crippen LogP contribution < -0.4 is 4.90 Å². The second kappa shape index (κ2) is 9.59. The smallest absolute Gasteiger partial charge is 0.338 e. The summed E-state index contributed by atoms with van der Waals surface area (Å²) in [6.45, 7) is 6.09.